The lowest BCUT2D eigenvalue weighted by atomic mass is 10.2. The summed E-state index contributed by atoms with van der Waals surface area (Å²) >= 11 is 3.95. The van der Waals surface area contributed by atoms with Crippen LogP contribution >= 0.6 is 33.9 Å². The molecule has 0 bridgehead atoms. The smallest absolute Gasteiger partial charge is 0.137 e. The highest BCUT2D eigenvalue weighted by molar-refractivity contribution is 14.1. The molecule has 2 rings (SSSR count). The van der Waals surface area contributed by atoms with E-state index < -0.39 is 0 Å². The lowest BCUT2D eigenvalue weighted by molar-refractivity contribution is 0.282. The largest absolute Gasteiger partial charge is 0.495 e. The van der Waals surface area contributed by atoms with E-state index >= 15 is 0 Å². The van der Waals surface area contributed by atoms with Crippen molar-refractivity contribution in [2.24, 2.45) is 0 Å². The molecule has 1 aromatic carbocycles. The molecular formula is C10H9IO2S. The van der Waals surface area contributed by atoms with Crippen molar-refractivity contribution < 1.29 is 9.84 Å². The van der Waals surface area contributed by atoms with E-state index in [-0.39, 0.29) is 6.61 Å². The molecule has 4 heteroatoms. The van der Waals surface area contributed by atoms with Gasteiger partial charge in [0.15, 0.2) is 0 Å². The number of halogens is 1. The van der Waals surface area contributed by atoms with Gasteiger partial charge in [0.2, 0.25) is 0 Å². The molecule has 14 heavy (non-hydrogen) atoms. The molecule has 1 aromatic heterocycles. The van der Waals surface area contributed by atoms with Gasteiger partial charge in [-0.25, -0.2) is 0 Å². The Balaban J connectivity index is 2.73. The second kappa shape index (κ2) is 4.04. The fourth-order valence-corrected chi connectivity index (χ4v) is 3.36. The first kappa shape index (κ1) is 10.2. The molecule has 2 nitrogen and oxygen atoms in total. The van der Waals surface area contributed by atoms with E-state index in [1.54, 1.807) is 18.4 Å². The first-order valence-corrected chi connectivity index (χ1v) is 6.06. The number of aliphatic hydroxyl groups excluding tert-OH is 1. The maximum absolute atomic E-state index is 9.08. The summed E-state index contributed by atoms with van der Waals surface area (Å²) in [6.07, 6.45) is 0. The van der Waals surface area contributed by atoms with Gasteiger partial charge >= 0.3 is 0 Å². The number of benzene rings is 1. The highest BCUT2D eigenvalue weighted by atomic mass is 127. The fraction of sp³-hybridized carbons (Fsp3) is 0.200. The molecule has 2 aromatic rings. The molecule has 0 fully saturated rings. The van der Waals surface area contributed by atoms with Crippen LogP contribution in [-0.2, 0) is 6.61 Å². The van der Waals surface area contributed by atoms with E-state index in [2.05, 4.69) is 22.6 Å². The average Bonchev–Trinajstić information content (AvgIpc) is 2.61. The normalized spacial score (nSPS) is 10.8. The van der Waals surface area contributed by atoms with E-state index in [1.165, 1.54) is 4.70 Å². The predicted molar refractivity (Wildman–Crippen MR) is 67.0 cm³/mol. The SMILES string of the molecule is COc1csc2c(I)cc(CO)cc12. The van der Waals surface area contributed by atoms with Gasteiger partial charge in [0.05, 0.1) is 18.4 Å². The van der Waals surface area contributed by atoms with Crippen molar-refractivity contribution in [2.45, 2.75) is 6.61 Å². The van der Waals surface area contributed by atoms with Crippen molar-refractivity contribution >= 4 is 44.0 Å². The van der Waals surface area contributed by atoms with E-state index in [1.807, 2.05) is 17.5 Å². The molecule has 0 amide bonds. The quantitative estimate of drug-likeness (QED) is 0.862. The summed E-state index contributed by atoms with van der Waals surface area (Å²) in [7, 11) is 1.67. The van der Waals surface area contributed by atoms with Crippen LogP contribution in [0.2, 0.25) is 0 Å². The van der Waals surface area contributed by atoms with Gasteiger partial charge in [0, 0.05) is 14.3 Å². The Kier molecular flexibility index (Phi) is 2.94. The summed E-state index contributed by atoms with van der Waals surface area (Å²) in [6.45, 7) is 0.0743. The van der Waals surface area contributed by atoms with Gasteiger partial charge in [-0.3, -0.25) is 0 Å². The first-order chi connectivity index (χ1) is 6.76. The lowest BCUT2D eigenvalue weighted by Gasteiger charge is -2.01. The van der Waals surface area contributed by atoms with Gasteiger partial charge in [-0.1, -0.05) is 0 Å². The number of hydrogen-bond donors (Lipinski definition) is 1. The summed E-state index contributed by atoms with van der Waals surface area (Å²) < 4.78 is 7.63. The van der Waals surface area contributed by atoms with Crippen LogP contribution < -0.4 is 4.74 Å². The molecule has 1 N–H and O–H groups in total. The molecule has 0 aliphatic carbocycles. The van der Waals surface area contributed by atoms with E-state index in [0.29, 0.717) is 0 Å². The zero-order chi connectivity index (χ0) is 10.1. The van der Waals surface area contributed by atoms with Crippen molar-refractivity contribution in [3.05, 3.63) is 26.6 Å². The molecule has 74 valence electrons. The van der Waals surface area contributed by atoms with E-state index in [0.717, 1.165) is 20.3 Å². The van der Waals surface area contributed by atoms with Crippen molar-refractivity contribution in [3.63, 3.8) is 0 Å². The Morgan fingerprint density at radius 1 is 1.50 bits per heavy atom. The minimum absolute atomic E-state index is 0.0743. The van der Waals surface area contributed by atoms with Crippen LogP contribution in [0.4, 0.5) is 0 Å². The number of hydrogen-bond acceptors (Lipinski definition) is 3. The highest BCUT2D eigenvalue weighted by Gasteiger charge is 2.08. The molecule has 0 aliphatic rings. The zero-order valence-corrected chi connectivity index (χ0v) is 10.6. The summed E-state index contributed by atoms with van der Waals surface area (Å²) in [4.78, 5) is 0. The second-order valence-electron chi connectivity index (χ2n) is 2.92. The molecule has 0 unspecified atom stereocenters. The third-order valence-corrected chi connectivity index (χ3v) is 4.28. The number of fused-ring (bicyclic) bond motifs is 1. The third-order valence-electron chi connectivity index (χ3n) is 2.06. The predicted octanol–water partition coefficient (Wildman–Crippen LogP) is 3.01. The van der Waals surface area contributed by atoms with Crippen LogP contribution in [0.3, 0.4) is 0 Å². The third kappa shape index (κ3) is 1.62. The Morgan fingerprint density at radius 2 is 2.29 bits per heavy atom. The molecule has 0 saturated heterocycles. The van der Waals surface area contributed by atoms with Gasteiger partial charge < -0.3 is 9.84 Å². The number of thiophene rings is 1. The van der Waals surface area contributed by atoms with Crippen LogP contribution in [0.1, 0.15) is 5.56 Å². The van der Waals surface area contributed by atoms with Gasteiger partial charge in [0.1, 0.15) is 5.75 Å². The van der Waals surface area contributed by atoms with Crippen LogP contribution in [0, 0.1) is 3.57 Å². The van der Waals surface area contributed by atoms with Crippen molar-refractivity contribution in [1.82, 2.24) is 0 Å². The number of ether oxygens (including phenoxy) is 1. The van der Waals surface area contributed by atoms with Crippen LogP contribution in [0.5, 0.6) is 5.75 Å². The van der Waals surface area contributed by atoms with Gasteiger partial charge in [-0.05, 0) is 40.3 Å². The van der Waals surface area contributed by atoms with Gasteiger partial charge in [-0.15, -0.1) is 11.3 Å². The Bertz CT molecular complexity index is 464. The molecular weight excluding hydrogens is 311 g/mol. The summed E-state index contributed by atoms with van der Waals surface area (Å²) in [5.74, 6) is 0.887. The van der Waals surface area contributed by atoms with Crippen LogP contribution in [0.15, 0.2) is 17.5 Å². The Labute approximate surface area is 99.7 Å². The second-order valence-corrected chi connectivity index (χ2v) is 4.96. The van der Waals surface area contributed by atoms with Crippen molar-refractivity contribution in [3.8, 4) is 5.75 Å². The van der Waals surface area contributed by atoms with Gasteiger partial charge in [0.25, 0.3) is 0 Å². The Morgan fingerprint density at radius 3 is 2.93 bits per heavy atom. The standard InChI is InChI=1S/C10H9IO2S/c1-13-9-5-14-10-7(9)2-6(4-12)3-8(10)11/h2-3,5,12H,4H2,1H3. The minimum atomic E-state index is 0.0743. The molecule has 1 heterocycles. The molecule has 0 radical (unpaired) electrons. The molecule has 0 spiro atoms. The van der Waals surface area contributed by atoms with Crippen molar-refractivity contribution in [2.75, 3.05) is 7.11 Å². The molecule has 0 saturated carbocycles. The fourth-order valence-electron chi connectivity index (χ4n) is 1.38. The van der Waals surface area contributed by atoms with Gasteiger partial charge in [-0.2, -0.15) is 0 Å². The maximum atomic E-state index is 9.08. The highest BCUT2D eigenvalue weighted by Crippen LogP contribution is 2.35. The maximum Gasteiger partial charge on any atom is 0.137 e. The Hall–Kier alpha value is -0.330. The average molecular weight is 320 g/mol. The molecule has 0 aliphatic heterocycles. The number of rotatable bonds is 2. The van der Waals surface area contributed by atoms with Crippen LogP contribution in [-0.4, -0.2) is 12.2 Å². The van der Waals surface area contributed by atoms with Crippen LogP contribution in [0.25, 0.3) is 10.1 Å². The zero-order valence-electron chi connectivity index (χ0n) is 7.58. The minimum Gasteiger partial charge on any atom is -0.495 e. The first-order valence-electron chi connectivity index (χ1n) is 4.10. The summed E-state index contributed by atoms with van der Waals surface area (Å²) in [5, 5.41) is 12.2. The van der Waals surface area contributed by atoms with Crippen molar-refractivity contribution in [1.29, 1.82) is 0 Å². The summed E-state index contributed by atoms with van der Waals surface area (Å²) in [5.41, 5.74) is 0.929. The van der Waals surface area contributed by atoms with E-state index in [9.17, 15) is 0 Å². The molecule has 0 atom stereocenters. The number of aliphatic hydroxyl groups is 1. The number of methoxy groups -OCH3 is 1. The monoisotopic (exact) mass is 320 g/mol. The lowest BCUT2D eigenvalue weighted by Crippen LogP contribution is -1.86. The topological polar surface area (TPSA) is 29.5 Å². The summed E-state index contributed by atoms with van der Waals surface area (Å²) in [6, 6.07) is 3.98. The van der Waals surface area contributed by atoms with E-state index in [4.69, 9.17) is 9.84 Å².